The number of anilines is 1. The highest BCUT2D eigenvalue weighted by molar-refractivity contribution is 7.80. The van der Waals surface area contributed by atoms with Gasteiger partial charge in [-0.3, -0.25) is 19.8 Å². The molecular formula is C22H21ClN2O4S. The van der Waals surface area contributed by atoms with Crippen LogP contribution in [0.3, 0.4) is 0 Å². The normalized spacial score (nSPS) is 15.4. The number of hydrogen-bond acceptors (Lipinski definition) is 5. The van der Waals surface area contributed by atoms with Crippen molar-refractivity contribution in [3.63, 3.8) is 0 Å². The smallest absolute Gasteiger partial charge is 0.270 e. The molecule has 156 valence electrons. The van der Waals surface area contributed by atoms with Crippen LogP contribution < -0.4 is 19.7 Å². The van der Waals surface area contributed by atoms with Crippen molar-refractivity contribution in [2.24, 2.45) is 0 Å². The second kappa shape index (κ2) is 8.85. The molecular weight excluding hydrogens is 424 g/mol. The van der Waals surface area contributed by atoms with Gasteiger partial charge in [0, 0.05) is 0 Å². The number of carbonyl (C=O) groups is 2. The minimum absolute atomic E-state index is 0.0383. The molecule has 0 spiro atoms. The van der Waals surface area contributed by atoms with Crippen molar-refractivity contribution in [2.75, 3.05) is 18.6 Å². The Morgan fingerprint density at radius 2 is 1.93 bits per heavy atom. The maximum Gasteiger partial charge on any atom is 0.270 e. The topological polar surface area (TPSA) is 67.9 Å². The molecule has 2 amide bonds. The molecule has 1 saturated heterocycles. The Morgan fingerprint density at radius 1 is 1.20 bits per heavy atom. The van der Waals surface area contributed by atoms with E-state index in [0.717, 1.165) is 11.1 Å². The molecule has 0 atom stereocenters. The largest absolute Gasteiger partial charge is 0.493 e. The van der Waals surface area contributed by atoms with Gasteiger partial charge in [0.05, 0.1) is 24.4 Å². The Hall–Kier alpha value is -2.90. The van der Waals surface area contributed by atoms with Crippen molar-refractivity contribution in [3.05, 3.63) is 57.6 Å². The molecule has 1 fully saturated rings. The van der Waals surface area contributed by atoms with Gasteiger partial charge < -0.3 is 9.47 Å². The standard InChI is InChI=1S/C22H21ClN2O4S/c1-5-29-19-16(23)10-14(11-18(19)28-4)9-15-20(26)24-22(30)25(21(15)27)17-7-6-12(2)8-13(17)3/h6-11H,5H2,1-4H3,(H,24,26,30)/b15-9+. The number of aryl methyl sites for hydroxylation is 2. The first-order chi connectivity index (χ1) is 14.3. The minimum atomic E-state index is -0.574. The van der Waals surface area contributed by atoms with Crippen molar-refractivity contribution >= 4 is 52.5 Å². The SMILES string of the molecule is CCOc1c(Cl)cc(/C=C2\C(=O)NC(=S)N(c3ccc(C)cc3C)C2=O)cc1OC. The average molecular weight is 445 g/mol. The highest BCUT2D eigenvalue weighted by Gasteiger charge is 2.35. The molecule has 1 aliphatic heterocycles. The van der Waals surface area contributed by atoms with Gasteiger partial charge in [-0.05, 0) is 68.4 Å². The van der Waals surface area contributed by atoms with Crippen molar-refractivity contribution in [3.8, 4) is 11.5 Å². The number of nitrogens with one attached hydrogen (secondary N) is 1. The van der Waals surface area contributed by atoms with Gasteiger partial charge in [-0.25, -0.2) is 0 Å². The molecule has 0 bridgehead atoms. The van der Waals surface area contributed by atoms with Crippen LogP contribution in [0.15, 0.2) is 35.9 Å². The third-order valence-electron chi connectivity index (χ3n) is 4.55. The first-order valence-corrected chi connectivity index (χ1v) is 10.0. The Balaban J connectivity index is 2.06. The Labute approximate surface area is 185 Å². The van der Waals surface area contributed by atoms with Crippen LogP contribution in [-0.4, -0.2) is 30.6 Å². The van der Waals surface area contributed by atoms with E-state index in [0.29, 0.717) is 34.4 Å². The Bertz CT molecular complexity index is 1080. The van der Waals surface area contributed by atoms with E-state index in [1.54, 1.807) is 18.2 Å². The van der Waals surface area contributed by atoms with E-state index in [4.69, 9.17) is 33.3 Å². The molecule has 1 aliphatic rings. The number of thiocarbonyl (C=S) groups is 1. The van der Waals surface area contributed by atoms with Crippen LogP contribution in [0.25, 0.3) is 6.08 Å². The average Bonchev–Trinajstić information content (AvgIpc) is 2.68. The molecule has 0 radical (unpaired) electrons. The molecule has 1 heterocycles. The minimum Gasteiger partial charge on any atom is -0.493 e. The van der Waals surface area contributed by atoms with Crippen molar-refractivity contribution in [1.82, 2.24) is 5.32 Å². The van der Waals surface area contributed by atoms with E-state index in [-0.39, 0.29) is 10.7 Å². The molecule has 3 rings (SSSR count). The molecule has 8 heteroatoms. The lowest BCUT2D eigenvalue weighted by Gasteiger charge is -2.30. The maximum absolute atomic E-state index is 13.2. The van der Waals surface area contributed by atoms with Gasteiger partial charge in [0.25, 0.3) is 11.8 Å². The Morgan fingerprint density at radius 3 is 2.57 bits per heavy atom. The number of hydrogen-bond donors (Lipinski definition) is 1. The van der Waals surface area contributed by atoms with Gasteiger partial charge in [-0.2, -0.15) is 0 Å². The van der Waals surface area contributed by atoms with E-state index >= 15 is 0 Å². The zero-order chi connectivity index (χ0) is 22.0. The first kappa shape index (κ1) is 21.8. The zero-order valence-electron chi connectivity index (χ0n) is 17.0. The highest BCUT2D eigenvalue weighted by Crippen LogP contribution is 2.37. The summed E-state index contributed by atoms with van der Waals surface area (Å²) in [7, 11) is 1.49. The lowest BCUT2D eigenvalue weighted by Crippen LogP contribution is -2.54. The van der Waals surface area contributed by atoms with Crippen LogP contribution in [0, 0.1) is 13.8 Å². The summed E-state index contributed by atoms with van der Waals surface area (Å²) in [5.74, 6) is -0.280. The summed E-state index contributed by atoms with van der Waals surface area (Å²) in [6.45, 7) is 6.10. The summed E-state index contributed by atoms with van der Waals surface area (Å²) in [5, 5.41) is 2.94. The molecule has 0 unspecified atom stereocenters. The number of benzene rings is 2. The number of ether oxygens (including phenoxy) is 2. The number of amides is 2. The number of carbonyl (C=O) groups excluding carboxylic acids is 2. The predicted octanol–water partition coefficient (Wildman–Crippen LogP) is 4.20. The lowest BCUT2D eigenvalue weighted by molar-refractivity contribution is -0.122. The summed E-state index contributed by atoms with van der Waals surface area (Å²) < 4.78 is 10.8. The number of methoxy groups -OCH3 is 1. The molecule has 2 aromatic carbocycles. The van der Waals surface area contributed by atoms with E-state index < -0.39 is 11.8 Å². The van der Waals surface area contributed by atoms with E-state index in [2.05, 4.69) is 5.32 Å². The number of rotatable bonds is 5. The zero-order valence-corrected chi connectivity index (χ0v) is 18.6. The van der Waals surface area contributed by atoms with Crippen LogP contribution in [0.1, 0.15) is 23.6 Å². The molecule has 0 aromatic heterocycles. The summed E-state index contributed by atoms with van der Waals surface area (Å²) in [5.41, 5.74) is 3.00. The van der Waals surface area contributed by atoms with Gasteiger partial charge in [0.15, 0.2) is 16.6 Å². The summed E-state index contributed by atoms with van der Waals surface area (Å²) in [4.78, 5) is 27.1. The van der Waals surface area contributed by atoms with Crippen LogP contribution in [0.5, 0.6) is 11.5 Å². The first-order valence-electron chi connectivity index (χ1n) is 9.25. The van der Waals surface area contributed by atoms with E-state index in [9.17, 15) is 9.59 Å². The molecule has 30 heavy (non-hydrogen) atoms. The molecule has 2 aromatic rings. The summed E-state index contributed by atoms with van der Waals surface area (Å²) in [6, 6.07) is 8.90. The van der Waals surface area contributed by atoms with Crippen molar-refractivity contribution in [2.45, 2.75) is 20.8 Å². The molecule has 0 saturated carbocycles. The molecule has 1 N–H and O–H groups in total. The van der Waals surface area contributed by atoms with Gasteiger partial charge in [-0.15, -0.1) is 0 Å². The maximum atomic E-state index is 13.2. The van der Waals surface area contributed by atoms with Gasteiger partial charge in [0.1, 0.15) is 5.57 Å². The Kier molecular flexibility index (Phi) is 6.43. The van der Waals surface area contributed by atoms with Crippen LogP contribution in [0.2, 0.25) is 5.02 Å². The quantitative estimate of drug-likeness (QED) is 0.425. The molecule has 6 nitrogen and oxygen atoms in total. The third kappa shape index (κ3) is 4.17. The van der Waals surface area contributed by atoms with Crippen LogP contribution >= 0.6 is 23.8 Å². The van der Waals surface area contributed by atoms with Crippen molar-refractivity contribution < 1.29 is 19.1 Å². The third-order valence-corrected chi connectivity index (χ3v) is 5.11. The van der Waals surface area contributed by atoms with Crippen molar-refractivity contribution in [1.29, 1.82) is 0 Å². The van der Waals surface area contributed by atoms with E-state index in [1.165, 1.54) is 18.1 Å². The molecule has 0 aliphatic carbocycles. The lowest BCUT2D eigenvalue weighted by atomic mass is 10.0. The van der Waals surface area contributed by atoms with Gasteiger partial charge >= 0.3 is 0 Å². The summed E-state index contributed by atoms with van der Waals surface area (Å²) >= 11 is 11.6. The van der Waals surface area contributed by atoms with E-state index in [1.807, 2.05) is 32.9 Å². The monoisotopic (exact) mass is 444 g/mol. The number of nitrogens with zero attached hydrogens (tertiary/aromatic N) is 1. The highest BCUT2D eigenvalue weighted by atomic mass is 35.5. The second-order valence-corrected chi connectivity index (χ2v) is 7.51. The fourth-order valence-electron chi connectivity index (χ4n) is 3.21. The van der Waals surface area contributed by atoms with Gasteiger partial charge in [0.2, 0.25) is 0 Å². The summed E-state index contributed by atoms with van der Waals surface area (Å²) in [6.07, 6.45) is 1.46. The van der Waals surface area contributed by atoms with Crippen LogP contribution in [-0.2, 0) is 9.59 Å². The van der Waals surface area contributed by atoms with Gasteiger partial charge in [-0.1, -0.05) is 29.3 Å². The number of halogens is 1. The fourth-order valence-corrected chi connectivity index (χ4v) is 3.75. The van der Waals surface area contributed by atoms with Crippen LogP contribution in [0.4, 0.5) is 5.69 Å². The predicted molar refractivity (Wildman–Crippen MR) is 121 cm³/mol. The fraction of sp³-hybridized carbons (Fsp3) is 0.227. The second-order valence-electron chi connectivity index (χ2n) is 6.71.